The Balaban J connectivity index is 2.59. The molecular weight excluding hydrogens is 382 g/mol. The number of nitrogens with two attached hydrogens (primary N) is 2. The molecule has 0 aromatic heterocycles. The summed E-state index contributed by atoms with van der Waals surface area (Å²) in [6.45, 7) is -0.00829. The molecule has 1 rings (SSSR count). The molecule has 10 heteroatoms. The van der Waals surface area contributed by atoms with Crippen LogP contribution in [0.3, 0.4) is 0 Å². The molecule has 0 spiro atoms. The van der Waals surface area contributed by atoms with Crippen LogP contribution in [-0.4, -0.2) is 52.2 Å². The van der Waals surface area contributed by atoms with Crippen LogP contribution in [0.15, 0.2) is 30.3 Å². The average Bonchev–Trinajstić information content (AvgIpc) is 2.69. The summed E-state index contributed by atoms with van der Waals surface area (Å²) in [5.41, 5.74) is 12.0. The molecular formula is C19H27N3O7. The van der Waals surface area contributed by atoms with Crippen molar-refractivity contribution in [1.29, 1.82) is 0 Å². The van der Waals surface area contributed by atoms with Gasteiger partial charge in [0.15, 0.2) is 5.78 Å². The summed E-state index contributed by atoms with van der Waals surface area (Å²) in [5, 5.41) is 20.0. The molecule has 1 amide bonds. The number of carboxylic acid groups (broad SMARTS) is 2. The first-order valence-corrected chi connectivity index (χ1v) is 9.17. The number of alkyl carbamates (subject to hydrolysis) is 1. The molecule has 0 bridgehead atoms. The second-order valence-corrected chi connectivity index (χ2v) is 6.58. The number of hydrogen-bond donors (Lipinski definition) is 5. The second kappa shape index (κ2) is 12.5. The summed E-state index contributed by atoms with van der Waals surface area (Å²) >= 11 is 0. The maximum atomic E-state index is 12.5. The zero-order valence-corrected chi connectivity index (χ0v) is 16.0. The third kappa shape index (κ3) is 9.67. The first-order valence-electron chi connectivity index (χ1n) is 9.17. The molecule has 0 aliphatic heterocycles. The number of carbonyl (C=O) groups excluding carboxylic acids is 2. The summed E-state index contributed by atoms with van der Waals surface area (Å²) in [7, 11) is 0. The maximum absolute atomic E-state index is 12.5. The molecule has 10 nitrogen and oxygen atoms in total. The van der Waals surface area contributed by atoms with Crippen LogP contribution in [-0.2, 0) is 25.7 Å². The van der Waals surface area contributed by atoms with Crippen LogP contribution >= 0.6 is 0 Å². The lowest BCUT2D eigenvalue weighted by atomic mass is 9.96. The Morgan fingerprint density at radius 1 is 0.966 bits per heavy atom. The third-order valence-electron chi connectivity index (χ3n) is 4.21. The number of benzene rings is 1. The van der Waals surface area contributed by atoms with E-state index in [1.165, 1.54) is 0 Å². The van der Waals surface area contributed by atoms with Gasteiger partial charge in [0, 0.05) is 6.42 Å². The minimum absolute atomic E-state index is 0.00829. The summed E-state index contributed by atoms with van der Waals surface area (Å²) < 4.78 is 5.06. The highest BCUT2D eigenvalue weighted by atomic mass is 16.5. The molecule has 160 valence electrons. The van der Waals surface area contributed by atoms with Gasteiger partial charge in [-0.25, -0.2) is 4.79 Å². The quantitative estimate of drug-likeness (QED) is 0.312. The van der Waals surface area contributed by atoms with E-state index < -0.39 is 41.9 Å². The van der Waals surface area contributed by atoms with E-state index >= 15 is 0 Å². The zero-order chi connectivity index (χ0) is 21.8. The highest BCUT2D eigenvalue weighted by Crippen LogP contribution is 2.09. The summed E-state index contributed by atoms with van der Waals surface area (Å²) in [6, 6.07) is 5.73. The van der Waals surface area contributed by atoms with Gasteiger partial charge in [-0.15, -0.1) is 0 Å². The monoisotopic (exact) mass is 409 g/mol. The fraction of sp³-hybridized carbons (Fsp3) is 0.474. The molecule has 1 aromatic carbocycles. The Morgan fingerprint density at radius 3 is 2.17 bits per heavy atom. The van der Waals surface area contributed by atoms with Gasteiger partial charge in [0.25, 0.3) is 0 Å². The van der Waals surface area contributed by atoms with Crippen LogP contribution in [0, 0.1) is 0 Å². The Labute approximate surface area is 168 Å². The topological polar surface area (TPSA) is 182 Å². The number of nitrogens with one attached hydrogen (secondary N) is 1. The smallest absolute Gasteiger partial charge is 0.408 e. The number of hydrogen-bond acceptors (Lipinski definition) is 7. The SMILES string of the molecule is NC(CCC[C@H](N)C(=O)O)C(=O)[C@H](CCC(=O)O)NC(=O)OCc1ccccc1. The van der Waals surface area contributed by atoms with Gasteiger partial charge >= 0.3 is 18.0 Å². The van der Waals surface area contributed by atoms with Crippen molar-refractivity contribution in [2.45, 2.75) is 56.8 Å². The number of amides is 1. The summed E-state index contributed by atoms with van der Waals surface area (Å²) in [4.78, 5) is 46.1. The van der Waals surface area contributed by atoms with Crippen molar-refractivity contribution in [3.05, 3.63) is 35.9 Å². The van der Waals surface area contributed by atoms with Crippen molar-refractivity contribution >= 4 is 23.8 Å². The molecule has 1 aromatic rings. The molecule has 7 N–H and O–H groups in total. The van der Waals surface area contributed by atoms with Crippen LogP contribution in [0.2, 0.25) is 0 Å². The van der Waals surface area contributed by atoms with Crippen LogP contribution in [0.1, 0.15) is 37.7 Å². The fourth-order valence-electron chi connectivity index (χ4n) is 2.54. The number of carbonyl (C=O) groups is 4. The van der Waals surface area contributed by atoms with E-state index in [1.807, 2.05) is 6.07 Å². The third-order valence-corrected chi connectivity index (χ3v) is 4.21. The maximum Gasteiger partial charge on any atom is 0.408 e. The first-order chi connectivity index (χ1) is 13.7. The van der Waals surface area contributed by atoms with Crippen LogP contribution < -0.4 is 16.8 Å². The van der Waals surface area contributed by atoms with E-state index in [1.54, 1.807) is 24.3 Å². The van der Waals surface area contributed by atoms with Gasteiger partial charge in [0.2, 0.25) is 0 Å². The molecule has 0 heterocycles. The van der Waals surface area contributed by atoms with E-state index in [2.05, 4.69) is 5.32 Å². The number of aliphatic carboxylic acids is 2. The van der Waals surface area contributed by atoms with Crippen molar-refractivity contribution in [2.24, 2.45) is 11.5 Å². The van der Waals surface area contributed by atoms with Crippen molar-refractivity contribution in [3.63, 3.8) is 0 Å². The fourth-order valence-corrected chi connectivity index (χ4v) is 2.54. The van der Waals surface area contributed by atoms with Crippen molar-refractivity contribution in [3.8, 4) is 0 Å². The summed E-state index contributed by atoms with van der Waals surface area (Å²) in [6.07, 6.45) is -0.752. The normalized spacial score (nSPS) is 13.7. The molecule has 0 radical (unpaired) electrons. The van der Waals surface area contributed by atoms with Crippen LogP contribution in [0.4, 0.5) is 4.79 Å². The van der Waals surface area contributed by atoms with Gasteiger partial charge in [-0.2, -0.15) is 0 Å². The second-order valence-electron chi connectivity index (χ2n) is 6.58. The predicted octanol–water partition coefficient (Wildman–Crippen LogP) is 0.625. The highest BCUT2D eigenvalue weighted by molar-refractivity contribution is 5.91. The standard InChI is InChI=1S/C19H27N3O7/c20-13(7-4-8-14(21)18(26)27)17(25)15(9-10-16(23)24)22-19(28)29-11-12-5-2-1-3-6-12/h1-3,5-6,13-15H,4,7-11,20-21H2,(H,22,28)(H,23,24)(H,26,27)/t13?,14-,15-/m0/s1. The van der Waals surface area contributed by atoms with Gasteiger partial charge in [-0.3, -0.25) is 14.4 Å². The number of carboxylic acids is 2. The number of ketones is 1. The molecule has 1 unspecified atom stereocenters. The molecule has 29 heavy (non-hydrogen) atoms. The number of rotatable bonds is 13. The molecule has 0 aliphatic carbocycles. The Kier molecular flexibility index (Phi) is 10.3. The van der Waals surface area contributed by atoms with E-state index in [4.69, 9.17) is 26.4 Å². The Bertz CT molecular complexity index is 696. The lowest BCUT2D eigenvalue weighted by Crippen LogP contribution is -2.48. The Morgan fingerprint density at radius 2 is 1.59 bits per heavy atom. The van der Waals surface area contributed by atoms with Gasteiger partial charge in [-0.1, -0.05) is 30.3 Å². The summed E-state index contributed by atoms with van der Waals surface area (Å²) in [5.74, 6) is -2.82. The van der Waals surface area contributed by atoms with Gasteiger partial charge in [0.1, 0.15) is 12.6 Å². The van der Waals surface area contributed by atoms with Crippen LogP contribution in [0.25, 0.3) is 0 Å². The zero-order valence-electron chi connectivity index (χ0n) is 16.0. The average molecular weight is 409 g/mol. The molecule has 0 saturated carbocycles. The van der Waals surface area contributed by atoms with Crippen molar-refractivity contribution in [2.75, 3.05) is 0 Å². The van der Waals surface area contributed by atoms with Crippen molar-refractivity contribution < 1.29 is 34.1 Å². The lowest BCUT2D eigenvalue weighted by Gasteiger charge is -2.21. The lowest BCUT2D eigenvalue weighted by molar-refractivity contribution is -0.139. The largest absolute Gasteiger partial charge is 0.481 e. The Hall–Kier alpha value is -2.98. The molecule has 0 aliphatic rings. The molecule has 3 atom stereocenters. The van der Waals surface area contributed by atoms with E-state index in [9.17, 15) is 19.2 Å². The minimum Gasteiger partial charge on any atom is -0.481 e. The van der Waals surface area contributed by atoms with E-state index in [0.717, 1.165) is 5.56 Å². The number of Topliss-reactive ketones (excluding diaryl/α,β-unsaturated/α-hetero) is 1. The molecule has 0 saturated heterocycles. The van der Waals surface area contributed by atoms with Gasteiger partial charge < -0.3 is 31.7 Å². The predicted molar refractivity (Wildman–Crippen MR) is 103 cm³/mol. The highest BCUT2D eigenvalue weighted by Gasteiger charge is 2.27. The van der Waals surface area contributed by atoms with Crippen molar-refractivity contribution in [1.82, 2.24) is 5.32 Å². The van der Waals surface area contributed by atoms with E-state index in [-0.39, 0.29) is 32.3 Å². The van der Waals surface area contributed by atoms with Crippen LogP contribution in [0.5, 0.6) is 0 Å². The van der Waals surface area contributed by atoms with E-state index in [0.29, 0.717) is 6.42 Å². The molecule has 0 fully saturated rings. The first kappa shape index (κ1) is 24.1. The minimum atomic E-state index is -1.15. The number of ether oxygens (including phenoxy) is 1. The van der Waals surface area contributed by atoms with Gasteiger partial charge in [0.05, 0.1) is 12.1 Å². The van der Waals surface area contributed by atoms with Gasteiger partial charge in [-0.05, 0) is 31.2 Å².